The van der Waals surface area contributed by atoms with Crippen LogP contribution in [0.25, 0.3) is 11.1 Å². The van der Waals surface area contributed by atoms with Gasteiger partial charge in [-0.2, -0.15) is 0 Å². The van der Waals surface area contributed by atoms with Gasteiger partial charge in [0, 0.05) is 30.8 Å². The van der Waals surface area contributed by atoms with E-state index in [9.17, 15) is 18.5 Å². The summed E-state index contributed by atoms with van der Waals surface area (Å²) in [5.41, 5.74) is 2.50. The number of piperidine rings is 1. The van der Waals surface area contributed by atoms with Crippen molar-refractivity contribution >= 4 is 21.4 Å². The highest BCUT2D eigenvalue weighted by Gasteiger charge is 2.27. The summed E-state index contributed by atoms with van der Waals surface area (Å²) in [5, 5.41) is 18.7. The molecule has 0 atom stereocenters. The van der Waals surface area contributed by atoms with Crippen LogP contribution in [0, 0.1) is 24.0 Å². The van der Waals surface area contributed by atoms with Crippen molar-refractivity contribution in [3.05, 3.63) is 39.8 Å². The Kier molecular flexibility index (Phi) is 5.20. The second kappa shape index (κ2) is 7.28. The van der Waals surface area contributed by atoms with Crippen molar-refractivity contribution in [2.45, 2.75) is 32.7 Å². The van der Waals surface area contributed by atoms with Crippen molar-refractivity contribution < 1.29 is 17.9 Å². The number of nitrogens with zero attached hydrogens (tertiary/aromatic N) is 3. The second-order valence-corrected chi connectivity index (χ2v) is 8.75. The van der Waals surface area contributed by atoms with E-state index in [1.165, 1.54) is 16.6 Å². The Bertz CT molecular complexity index is 942. The minimum absolute atomic E-state index is 0.0217. The van der Waals surface area contributed by atoms with Crippen LogP contribution in [-0.4, -0.2) is 48.2 Å². The summed E-state index contributed by atoms with van der Waals surface area (Å²) < 4.78 is 29.8. The van der Waals surface area contributed by atoms with E-state index in [0.29, 0.717) is 48.6 Å². The fourth-order valence-corrected chi connectivity index (χ4v) is 4.28. The van der Waals surface area contributed by atoms with Crippen LogP contribution in [0.1, 0.15) is 24.3 Å². The summed E-state index contributed by atoms with van der Waals surface area (Å²) in [6, 6.07) is 4.97. The van der Waals surface area contributed by atoms with Crippen molar-refractivity contribution in [2.24, 2.45) is 0 Å². The number of nitrogens with one attached hydrogen (secondary N) is 1. The summed E-state index contributed by atoms with van der Waals surface area (Å²) >= 11 is 0. The first-order valence-electron chi connectivity index (χ1n) is 8.60. The Balaban J connectivity index is 1.82. The highest BCUT2D eigenvalue weighted by Crippen LogP contribution is 2.34. The van der Waals surface area contributed by atoms with Crippen LogP contribution in [0.15, 0.2) is 22.7 Å². The standard InChI is InChI=1S/C17H22N4O5S/c1-11-17(12(2)26-19-11)13-4-5-15(16(10-13)21(22)23)18-14-6-8-20(9-7-14)27(3,24)25/h4-5,10,14,18H,6-9H2,1-3H3. The largest absolute Gasteiger partial charge is 0.377 e. The summed E-state index contributed by atoms with van der Waals surface area (Å²) in [6.07, 6.45) is 2.38. The third-order valence-electron chi connectivity index (χ3n) is 4.80. The molecule has 0 amide bonds. The van der Waals surface area contributed by atoms with Crippen LogP contribution < -0.4 is 5.32 Å². The number of nitro benzene ring substituents is 1. The number of rotatable bonds is 5. The maximum absolute atomic E-state index is 11.6. The SMILES string of the molecule is Cc1noc(C)c1-c1ccc(NC2CCN(S(C)(=O)=O)CC2)c([N+](=O)[O-])c1. The average Bonchev–Trinajstić information content (AvgIpc) is 2.93. The Morgan fingerprint density at radius 1 is 1.30 bits per heavy atom. The molecule has 0 saturated carbocycles. The molecule has 1 saturated heterocycles. The average molecular weight is 394 g/mol. The van der Waals surface area contributed by atoms with Crippen LogP contribution in [-0.2, 0) is 10.0 Å². The van der Waals surface area contributed by atoms with E-state index >= 15 is 0 Å². The summed E-state index contributed by atoms with van der Waals surface area (Å²) in [5.74, 6) is 0.607. The first kappa shape index (κ1) is 19.3. The van der Waals surface area contributed by atoms with Crippen molar-refractivity contribution in [3.8, 4) is 11.1 Å². The van der Waals surface area contributed by atoms with Crippen LogP contribution in [0.3, 0.4) is 0 Å². The second-order valence-electron chi connectivity index (χ2n) is 6.77. The van der Waals surface area contributed by atoms with Gasteiger partial charge in [-0.1, -0.05) is 11.2 Å². The number of aryl methyl sites for hydroxylation is 2. The van der Waals surface area contributed by atoms with Gasteiger partial charge >= 0.3 is 0 Å². The zero-order valence-corrected chi connectivity index (χ0v) is 16.2. The van der Waals surface area contributed by atoms with Gasteiger partial charge in [-0.25, -0.2) is 12.7 Å². The minimum Gasteiger partial charge on any atom is -0.377 e. The summed E-state index contributed by atoms with van der Waals surface area (Å²) in [6.45, 7) is 4.37. The van der Waals surface area contributed by atoms with Crippen molar-refractivity contribution in [3.63, 3.8) is 0 Å². The third-order valence-corrected chi connectivity index (χ3v) is 6.10. The zero-order valence-electron chi connectivity index (χ0n) is 15.4. The fourth-order valence-electron chi connectivity index (χ4n) is 3.41. The van der Waals surface area contributed by atoms with E-state index in [0.717, 1.165) is 5.56 Å². The number of benzene rings is 1. The van der Waals surface area contributed by atoms with Gasteiger partial charge in [0.15, 0.2) is 0 Å². The van der Waals surface area contributed by atoms with Crippen molar-refractivity contribution in [1.29, 1.82) is 0 Å². The first-order valence-corrected chi connectivity index (χ1v) is 10.4. The molecule has 2 aromatic rings. The molecular weight excluding hydrogens is 372 g/mol. The molecule has 1 aromatic carbocycles. The van der Waals surface area contributed by atoms with E-state index in [1.807, 2.05) is 0 Å². The molecule has 1 aromatic heterocycles. The maximum atomic E-state index is 11.6. The smallest absolute Gasteiger partial charge is 0.292 e. The molecule has 0 unspecified atom stereocenters. The Hall–Kier alpha value is -2.46. The lowest BCUT2D eigenvalue weighted by Crippen LogP contribution is -2.41. The number of sulfonamides is 1. The molecule has 0 spiro atoms. The molecule has 1 aliphatic heterocycles. The van der Waals surface area contributed by atoms with Gasteiger partial charge in [-0.15, -0.1) is 0 Å². The Morgan fingerprint density at radius 2 is 1.96 bits per heavy atom. The summed E-state index contributed by atoms with van der Waals surface area (Å²) in [4.78, 5) is 11.2. The molecule has 0 radical (unpaired) electrons. The highest BCUT2D eigenvalue weighted by atomic mass is 32.2. The summed E-state index contributed by atoms with van der Waals surface area (Å²) in [7, 11) is -3.20. The van der Waals surface area contributed by atoms with Crippen molar-refractivity contribution in [1.82, 2.24) is 9.46 Å². The number of anilines is 1. The molecule has 3 rings (SSSR count). The van der Waals surface area contributed by atoms with E-state index in [-0.39, 0.29) is 11.7 Å². The van der Waals surface area contributed by atoms with Gasteiger partial charge in [0.2, 0.25) is 10.0 Å². The molecule has 2 heterocycles. The number of hydrogen-bond donors (Lipinski definition) is 1. The fraction of sp³-hybridized carbons (Fsp3) is 0.471. The van der Waals surface area contributed by atoms with Crippen LogP contribution >= 0.6 is 0 Å². The molecule has 1 N–H and O–H groups in total. The van der Waals surface area contributed by atoms with Gasteiger partial charge < -0.3 is 9.84 Å². The van der Waals surface area contributed by atoms with E-state index in [2.05, 4.69) is 10.5 Å². The molecule has 27 heavy (non-hydrogen) atoms. The highest BCUT2D eigenvalue weighted by molar-refractivity contribution is 7.88. The van der Waals surface area contributed by atoms with Gasteiger partial charge in [0.05, 0.1) is 16.9 Å². The van der Waals surface area contributed by atoms with Crippen LogP contribution in [0.2, 0.25) is 0 Å². The zero-order chi connectivity index (χ0) is 19.8. The van der Waals surface area contributed by atoms with Crippen LogP contribution in [0.4, 0.5) is 11.4 Å². The minimum atomic E-state index is -3.20. The predicted molar refractivity (Wildman–Crippen MR) is 101 cm³/mol. The molecule has 146 valence electrons. The topological polar surface area (TPSA) is 119 Å². The lowest BCUT2D eigenvalue weighted by Gasteiger charge is -2.31. The van der Waals surface area contributed by atoms with E-state index in [1.54, 1.807) is 26.0 Å². The van der Waals surface area contributed by atoms with E-state index in [4.69, 9.17) is 4.52 Å². The first-order chi connectivity index (χ1) is 12.7. The quantitative estimate of drug-likeness (QED) is 0.612. The monoisotopic (exact) mass is 394 g/mol. The van der Waals surface area contributed by atoms with Gasteiger partial charge in [-0.3, -0.25) is 10.1 Å². The lowest BCUT2D eigenvalue weighted by atomic mass is 10.0. The van der Waals surface area contributed by atoms with Crippen molar-refractivity contribution in [2.75, 3.05) is 24.7 Å². The molecule has 0 bridgehead atoms. The number of nitro groups is 1. The molecular formula is C17H22N4O5S. The Labute approximate surface area is 157 Å². The van der Waals surface area contributed by atoms with E-state index < -0.39 is 14.9 Å². The number of aromatic nitrogens is 1. The van der Waals surface area contributed by atoms with Crippen LogP contribution in [0.5, 0.6) is 0 Å². The lowest BCUT2D eigenvalue weighted by molar-refractivity contribution is -0.383. The third kappa shape index (κ3) is 4.11. The normalized spacial score (nSPS) is 16.4. The molecule has 0 aliphatic carbocycles. The molecule has 1 fully saturated rings. The Morgan fingerprint density at radius 3 is 2.48 bits per heavy atom. The number of hydrogen-bond acceptors (Lipinski definition) is 7. The predicted octanol–water partition coefficient (Wildman–Crippen LogP) is 2.70. The van der Waals surface area contributed by atoms with Gasteiger partial charge in [-0.05, 0) is 38.3 Å². The van der Waals surface area contributed by atoms with Gasteiger partial charge in [0.1, 0.15) is 11.4 Å². The molecule has 9 nitrogen and oxygen atoms in total. The maximum Gasteiger partial charge on any atom is 0.292 e. The molecule has 1 aliphatic rings. The van der Waals surface area contributed by atoms with Gasteiger partial charge in [0.25, 0.3) is 5.69 Å². The molecule has 10 heteroatoms.